The molecule has 1 N–H and O–H groups in total. The standard InChI is InChI=1S/C17H21BrN2O/c1-4-6-19-17-12-9-21-7-5-13(12)20-14-8-10(2)16(18)11(3)15(14)17/h8H,4-7,9H2,1-3H3,(H,19,20). The van der Waals surface area contributed by atoms with Gasteiger partial charge >= 0.3 is 0 Å². The zero-order valence-electron chi connectivity index (χ0n) is 12.8. The zero-order chi connectivity index (χ0) is 15.0. The summed E-state index contributed by atoms with van der Waals surface area (Å²) in [5, 5.41) is 4.84. The molecular formula is C17H21BrN2O. The third-order valence-corrected chi connectivity index (χ3v) is 5.32. The molecule has 0 atom stereocenters. The number of aromatic nitrogens is 1. The van der Waals surface area contributed by atoms with Crippen molar-refractivity contribution in [1.29, 1.82) is 0 Å². The molecule has 1 aromatic heterocycles. The molecule has 1 aliphatic rings. The molecule has 0 radical (unpaired) electrons. The molecule has 0 unspecified atom stereocenters. The van der Waals surface area contributed by atoms with Gasteiger partial charge in [-0.2, -0.15) is 0 Å². The third-order valence-electron chi connectivity index (χ3n) is 4.10. The van der Waals surface area contributed by atoms with E-state index < -0.39 is 0 Å². The van der Waals surface area contributed by atoms with Crippen LogP contribution in [-0.2, 0) is 17.8 Å². The maximum absolute atomic E-state index is 5.67. The summed E-state index contributed by atoms with van der Waals surface area (Å²) >= 11 is 3.71. The number of benzene rings is 1. The molecule has 0 saturated carbocycles. The number of rotatable bonds is 3. The lowest BCUT2D eigenvalue weighted by Gasteiger charge is -2.23. The van der Waals surface area contributed by atoms with E-state index in [9.17, 15) is 0 Å². The second kappa shape index (κ2) is 5.93. The molecule has 1 aromatic carbocycles. The fourth-order valence-corrected chi connectivity index (χ4v) is 3.31. The van der Waals surface area contributed by atoms with Gasteiger partial charge in [0.2, 0.25) is 0 Å². The summed E-state index contributed by atoms with van der Waals surface area (Å²) in [7, 11) is 0. The van der Waals surface area contributed by atoms with Crippen molar-refractivity contribution in [2.75, 3.05) is 18.5 Å². The summed E-state index contributed by atoms with van der Waals surface area (Å²) in [4.78, 5) is 4.91. The van der Waals surface area contributed by atoms with Crippen LogP contribution < -0.4 is 5.32 Å². The molecule has 0 aliphatic carbocycles. The lowest BCUT2D eigenvalue weighted by atomic mass is 9.98. The van der Waals surface area contributed by atoms with Crippen molar-refractivity contribution in [3.8, 4) is 0 Å². The SMILES string of the molecule is CCCNc1c2c(nc3cc(C)c(Br)c(C)c13)CCOC2. The molecule has 3 rings (SSSR count). The van der Waals surface area contributed by atoms with Crippen LogP contribution in [0.2, 0.25) is 0 Å². The first-order valence-electron chi connectivity index (χ1n) is 7.56. The molecular weight excluding hydrogens is 328 g/mol. The normalized spacial score (nSPS) is 14.3. The van der Waals surface area contributed by atoms with Crippen LogP contribution in [0.3, 0.4) is 0 Å². The summed E-state index contributed by atoms with van der Waals surface area (Å²) < 4.78 is 6.84. The first-order valence-corrected chi connectivity index (χ1v) is 8.35. The van der Waals surface area contributed by atoms with Crippen molar-refractivity contribution in [2.45, 2.75) is 40.2 Å². The predicted octanol–water partition coefficient (Wildman–Crippen LogP) is 4.51. The van der Waals surface area contributed by atoms with Gasteiger partial charge in [-0.15, -0.1) is 0 Å². The Morgan fingerprint density at radius 3 is 2.95 bits per heavy atom. The van der Waals surface area contributed by atoms with E-state index in [1.54, 1.807) is 0 Å². The average molecular weight is 349 g/mol. The lowest BCUT2D eigenvalue weighted by molar-refractivity contribution is 0.110. The monoisotopic (exact) mass is 348 g/mol. The number of fused-ring (bicyclic) bond motifs is 2. The van der Waals surface area contributed by atoms with E-state index in [0.717, 1.165) is 31.5 Å². The fraction of sp³-hybridized carbons (Fsp3) is 0.471. The predicted molar refractivity (Wildman–Crippen MR) is 91.1 cm³/mol. The maximum Gasteiger partial charge on any atom is 0.0755 e. The summed E-state index contributed by atoms with van der Waals surface area (Å²) in [5.74, 6) is 0. The molecule has 2 aromatic rings. The molecule has 0 amide bonds. The highest BCUT2D eigenvalue weighted by atomic mass is 79.9. The summed E-state index contributed by atoms with van der Waals surface area (Å²) in [5.41, 5.74) is 7.22. The smallest absolute Gasteiger partial charge is 0.0755 e. The maximum atomic E-state index is 5.67. The number of anilines is 1. The van der Waals surface area contributed by atoms with E-state index in [4.69, 9.17) is 9.72 Å². The Balaban J connectivity index is 2.32. The number of nitrogens with zero attached hydrogens (tertiary/aromatic N) is 1. The number of nitrogens with one attached hydrogen (secondary N) is 1. The van der Waals surface area contributed by atoms with Gasteiger partial charge in [0.15, 0.2) is 0 Å². The highest BCUT2D eigenvalue weighted by Crippen LogP contribution is 2.37. The van der Waals surface area contributed by atoms with Gasteiger partial charge in [0.05, 0.1) is 30.1 Å². The largest absolute Gasteiger partial charge is 0.384 e. The van der Waals surface area contributed by atoms with Gasteiger partial charge in [-0.1, -0.05) is 22.9 Å². The van der Waals surface area contributed by atoms with Crippen molar-refractivity contribution in [2.24, 2.45) is 0 Å². The molecule has 0 saturated heterocycles. The van der Waals surface area contributed by atoms with Crippen LogP contribution in [0.1, 0.15) is 35.7 Å². The molecule has 112 valence electrons. The van der Waals surface area contributed by atoms with Crippen LogP contribution in [0.25, 0.3) is 10.9 Å². The Labute approximate surface area is 134 Å². The third kappa shape index (κ3) is 2.55. The quantitative estimate of drug-likeness (QED) is 0.885. The summed E-state index contributed by atoms with van der Waals surface area (Å²) in [6, 6.07) is 2.18. The van der Waals surface area contributed by atoms with Crippen LogP contribution in [-0.4, -0.2) is 18.1 Å². The van der Waals surface area contributed by atoms with Crippen molar-refractivity contribution in [3.63, 3.8) is 0 Å². The van der Waals surface area contributed by atoms with Gasteiger partial charge < -0.3 is 10.1 Å². The number of halogens is 1. The molecule has 3 nitrogen and oxygen atoms in total. The minimum Gasteiger partial charge on any atom is -0.384 e. The van der Waals surface area contributed by atoms with Crippen molar-refractivity contribution >= 4 is 32.5 Å². The molecule has 4 heteroatoms. The Bertz CT molecular complexity index is 697. The number of pyridine rings is 1. The van der Waals surface area contributed by atoms with Crippen LogP contribution >= 0.6 is 15.9 Å². The van der Waals surface area contributed by atoms with E-state index in [0.29, 0.717) is 6.61 Å². The first kappa shape index (κ1) is 14.8. The van der Waals surface area contributed by atoms with Crippen LogP contribution in [0.5, 0.6) is 0 Å². The molecule has 0 fully saturated rings. The van der Waals surface area contributed by atoms with Crippen LogP contribution in [0, 0.1) is 13.8 Å². The minimum atomic E-state index is 0.662. The van der Waals surface area contributed by atoms with Crippen molar-refractivity contribution in [3.05, 3.63) is 32.9 Å². The minimum absolute atomic E-state index is 0.662. The molecule has 0 spiro atoms. The summed E-state index contributed by atoms with van der Waals surface area (Å²) in [6.07, 6.45) is 2.01. The average Bonchev–Trinajstić information content (AvgIpc) is 2.49. The number of aryl methyl sites for hydroxylation is 2. The second-order valence-electron chi connectivity index (χ2n) is 5.67. The molecule has 2 heterocycles. The highest BCUT2D eigenvalue weighted by Gasteiger charge is 2.20. The van der Waals surface area contributed by atoms with Crippen LogP contribution in [0.4, 0.5) is 5.69 Å². The van der Waals surface area contributed by atoms with Crippen LogP contribution in [0.15, 0.2) is 10.5 Å². The Morgan fingerprint density at radius 2 is 2.19 bits per heavy atom. The molecule has 21 heavy (non-hydrogen) atoms. The Hall–Kier alpha value is -1.13. The van der Waals surface area contributed by atoms with E-state index in [1.165, 1.54) is 37.9 Å². The van der Waals surface area contributed by atoms with Gasteiger partial charge in [-0.3, -0.25) is 4.98 Å². The van der Waals surface area contributed by atoms with E-state index in [2.05, 4.69) is 48.1 Å². The van der Waals surface area contributed by atoms with E-state index in [-0.39, 0.29) is 0 Å². The topological polar surface area (TPSA) is 34.2 Å². The molecule has 0 bridgehead atoms. The second-order valence-corrected chi connectivity index (χ2v) is 6.46. The van der Waals surface area contributed by atoms with Gasteiger partial charge in [0, 0.05) is 28.4 Å². The fourth-order valence-electron chi connectivity index (χ4n) is 3.00. The summed E-state index contributed by atoms with van der Waals surface area (Å²) in [6.45, 7) is 8.87. The zero-order valence-corrected chi connectivity index (χ0v) is 14.4. The first-order chi connectivity index (χ1) is 10.1. The lowest BCUT2D eigenvalue weighted by Crippen LogP contribution is -2.16. The van der Waals surface area contributed by atoms with Crippen molar-refractivity contribution < 1.29 is 4.74 Å². The van der Waals surface area contributed by atoms with Gasteiger partial charge in [-0.05, 0) is 37.5 Å². The van der Waals surface area contributed by atoms with E-state index in [1.807, 2.05) is 0 Å². The van der Waals surface area contributed by atoms with Crippen molar-refractivity contribution in [1.82, 2.24) is 4.98 Å². The van der Waals surface area contributed by atoms with Gasteiger partial charge in [0.25, 0.3) is 0 Å². The Kier molecular flexibility index (Phi) is 4.18. The number of hydrogen-bond donors (Lipinski definition) is 1. The van der Waals surface area contributed by atoms with Gasteiger partial charge in [0.1, 0.15) is 0 Å². The number of hydrogen-bond acceptors (Lipinski definition) is 3. The number of ether oxygens (including phenoxy) is 1. The van der Waals surface area contributed by atoms with E-state index >= 15 is 0 Å². The molecule has 1 aliphatic heterocycles. The highest BCUT2D eigenvalue weighted by molar-refractivity contribution is 9.10. The van der Waals surface area contributed by atoms with Gasteiger partial charge in [-0.25, -0.2) is 0 Å². The Morgan fingerprint density at radius 1 is 1.38 bits per heavy atom.